The summed E-state index contributed by atoms with van der Waals surface area (Å²) in [5, 5.41) is 6.52. The van der Waals surface area contributed by atoms with Gasteiger partial charge in [-0.05, 0) is 31.9 Å². The number of hydrogen-bond acceptors (Lipinski definition) is 3. The smallest absolute Gasteiger partial charge is 0.225 e. The number of rotatable bonds is 4. The van der Waals surface area contributed by atoms with Gasteiger partial charge in [-0.15, -0.1) is 12.4 Å². The van der Waals surface area contributed by atoms with Crippen LogP contribution in [0.5, 0.6) is 0 Å². The molecule has 2 aliphatic rings. The summed E-state index contributed by atoms with van der Waals surface area (Å²) in [5.74, 6) is -0.126. The molecular formula is C18H26ClN3O2. The zero-order chi connectivity index (χ0) is 16.2. The Labute approximate surface area is 149 Å². The Balaban J connectivity index is 0.00000208. The highest BCUT2D eigenvalue weighted by Gasteiger charge is 2.35. The maximum atomic E-state index is 12.5. The number of carbonyl (C=O) groups excluding carboxylic acids is 2. The second-order valence-corrected chi connectivity index (χ2v) is 6.66. The van der Waals surface area contributed by atoms with Crippen LogP contribution < -0.4 is 10.6 Å². The van der Waals surface area contributed by atoms with Crippen molar-refractivity contribution in [3.63, 3.8) is 0 Å². The number of likely N-dealkylation sites (tertiary alicyclic amines) is 1. The van der Waals surface area contributed by atoms with Crippen LogP contribution in [0.3, 0.4) is 0 Å². The fourth-order valence-corrected chi connectivity index (χ4v) is 3.45. The summed E-state index contributed by atoms with van der Waals surface area (Å²) in [6.07, 6.45) is 2.42. The lowest BCUT2D eigenvalue weighted by Crippen LogP contribution is -2.53. The first-order chi connectivity index (χ1) is 11.1. The van der Waals surface area contributed by atoms with E-state index in [2.05, 4.69) is 17.6 Å². The molecule has 1 aromatic carbocycles. The van der Waals surface area contributed by atoms with Crippen LogP contribution in [0.15, 0.2) is 30.3 Å². The second kappa shape index (κ2) is 8.49. The Morgan fingerprint density at radius 3 is 2.79 bits per heavy atom. The largest absolute Gasteiger partial charge is 0.352 e. The lowest BCUT2D eigenvalue weighted by molar-refractivity contribution is -0.129. The van der Waals surface area contributed by atoms with Gasteiger partial charge >= 0.3 is 0 Å². The molecule has 5 nitrogen and oxygen atoms in total. The predicted molar refractivity (Wildman–Crippen MR) is 95.8 cm³/mol. The first kappa shape index (κ1) is 18.7. The predicted octanol–water partition coefficient (Wildman–Crippen LogP) is 1.71. The molecule has 0 spiro atoms. The molecule has 0 aliphatic carbocycles. The molecule has 2 heterocycles. The van der Waals surface area contributed by atoms with Crippen molar-refractivity contribution in [3.05, 3.63) is 35.9 Å². The molecule has 1 aromatic rings. The summed E-state index contributed by atoms with van der Waals surface area (Å²) in [5.41, 5.74) is 1.10. The first-order valence-electron chi connectivity index (χ1n) is 8.49. The minimum Gasteiger partial charge on any atom is -0.352 e. The highest BCUT2D eigenvalue weighted by molar-refractivity contribution is 5.89. The van der Waals surface area contributed by atoms with Gasteiger partial charge in [0.05, 0.1) is 5.92 Å². The van der Waals surface area contributed by atoms with Crippen LogP contribution in [0.4, 0.5) is 0 Å². The van der Waals surface area contributed by atoms with Gasteiger partial charge in [-0.1, -0.05) is 30.3 Å². The van der Waals surface area contributed by atoms with Crippen molar-refractivity contribution in [1.82, 2.24) is 15.5 Å². The number of nitrogens with zero attached hydrogens (tertiary/aromatic N) is 1. The number of amides is 2. The van der Waals surface area contributed by atoms with Crippen molar-refractivity contribution in [2.24, 2.45) is 5.92 Å². The summed E-state index contributed by atoms with van der Waals surface area (Å²) < 4.78 is 0. The summed E-state index contributed by atoms with van der Waals surface area (Å²) in [6.45, 7) is 4.23. The maximum absolute atomic E-state index is 12.5. The van der Waals surface area contributed by atoms with Gasteiger partial charge in [-0.2, -0.15) is 0 Å². The highest BCUT2D eigenvalue weighted by atomic mass is 35.5. The van der Waals surface area contributed by atoms with Crippen molar-refractivity contribution in [2.75, 3.05) is 13.1 Å². The van der Waals surface area contributed by atoms with E-state index in [9.17, 15) is 9.59 Å². The number of benzene rings is 1. The van der Waals surface area contributed by atoms with Crippen LogP contribution in [-0.4, -0.2) is 41.9 Å². The number of piperidine rings is 1. The van der Waals surface area contributed by atoms with E-state index in [4.69, 9.17) is 0 Å². The van der Waals surface area contributed by atoms with Crippen molar-refractivity contribution >= 4 is 24.2 Å². The Kier molecular flexibility index (Phi) is 6.63. The van der Waals surface area contributed by atoms with E-state index in [0.29, 0.717) is 25.6 Å². The van der Waals surface area contributed by atoms with E-state index in [0.717, 1.165) is 24.9 Å². The van der Waals surface area contributed by atoms with E-state index >= 15 is 0 Å². The molecule has 3 rings (SSSR count). The summed E-state index contributed by atoms with van der Waals surface area (Å²) in [6, 6.07) is 10.4. The lowest BCUT2D eigenvalue weighted by Gasteiger charge is -2.31. The van der Waals surface area contributed by atoms with Crippen LogP contribution in [0.2, 0.25) is 0 Å². The molecule has 2 saturated heterocycles. The number of carbonyl (C=O) groups is 2. The average molecular weight is 352 g/mol. The Bertz CT molecular complexity index is 567. The molecule has 132 valence electrons. The van der Waals surface area contributed by atoms with Gasteiger partial charge in [0.2, 0.25) is 11.8 Å². The van der Waals surface area contributed by atoms with Gasteiger partial charge in [0.1, 0.15) is 0 Å². The second-order valence-electron chi connectivity index (χ2n) is 6.66. The Morgan fingerprint density at radius 2 is 2.08 bits per heavy atom. The summed E-state index contributed by atoms with van der Waals surface area (Å²) >= 11 is 0. The van der Waals surface area contributed by atoms with Crippen molar-refractivity contribution < 1.29 is 9.59 Å². The van der Waals surface area contributed by atoms with Gasteiger partial charge in [0, 0.05) is 31.6 Å². The fraction of sp³-hybridized carbons (Fsp3) is 0.556. The normalized spacial score (nSPS) is 26.8. The van der Waals surface area contributed by atoms with Crippen LogP contribution in [0, 0.1) is 5.92 Å². The third-order valence-corrected chi connectivity index (χ3v) is 4.89. The molecule has 3 unspecified atom stereocenters. The standard InChI is InChI=1S/C18H25N3O2.ClH/c1-13-16(8-5-9-19-13)20-18(23)15-10-17(22)21(12-15)11-14-6-3-2-4-7-14;/h2-4,6-7,13,15-16,19H,5,8-12H2,1H3,(H,20,23);1H. The average Bonchev–Trinajstić information content (AvgIpc) is 2.92. The fourth-order valence-electron chi connectivity index (χ4n) is 3.45. The molecule has 2 amide bonds. The van der Waals surface area contributed by atoms with Crippen LogP contribution in [-0.2, 0) is 16.1 Å². The SMILES string of the molecule is CC1NCCCC1NC(=O)C1CC(=O)N(Cc2ccccc2)C1.Cl. The molecule has 0 saturated carbocycles. The molecule has 0 bridgehead atoms. The van der Waals surface area contributed by atoms with E-state index < -0.39 is 0 Å². The van der Waals surface area contributed by atoms with Crippen LogP contribution >= 0.6 is 12.4 Å². The van der Waals surface area contributed by atoms with Gasteiger partial charge < -0.3 is 15.5 Å². The first-order valence-corrected chi connectivity index (χ1v) is 8.49. The third kappa shape index (κ3) is 4.48. The van der Waals surface area contributed by atoms with E-state index in [1.54, 1.807) is 4.90 Å². The highest BCUT2D eigenvalue weighted by Crippen LogP contribution is 2.21. The summed E-state index contributed by atoms with van der Waals surface area (Å²) in [4.78, 5) is 26.5. The minimum absolute atomic E-state index is 0. The van der Waals surface area contributed by atoms with E-state index in [-0.39, 0.29) is 36.2 Å². The molecular weight excluding hydrogens is 326 g/mol. The number of nitrogens with one attached hydrogen (secondary N) is 2. The molecule has 24 heavy (non-hydrogen) atoms. The Morgan fingerprint density at radius 1 is 1.33 bits per heavy atom. The molecule has 2 N–H and O–H groups in total. The molecule has 2 aliphatic heterocycles. The van der Waals surface area contributed by atoms with Gasteiger partial charge in [-0.3, -0.25) is 9.59 Å². The van der Waals surface area contributed by atoms with Gasteiger partial charge in [0.25, 0.3) is 0 Å². The number of hydrogen-bond donors (Lipinski definition) is 2. The van der Waals surface area contributed by atoms with Crippen LogP contribution in [0.25, 0.3) is 0 Å². The molecule has 0 aromatic heterocycles. The van der Waals surface area contributed by atoms with Crippen LogP contribution in [0.1, 0.15) is 31.7 Å². The molecule has 2 fully saturated rings. The minimum atomic E-state index is -0.222. The third-order valence-electron chi connectivity index (χ3n) is 4.89. The molecule has 0 radical (unpaired) electrons. The molecule has 3 atom stereocenters. The topological polar surface area (TPSA) is 61.4 Å². The van der Waals surface area contributed by atoms with Crippen molar-refractivity contribution in [3.8, 4) is 0 Å². The maximum Gasteiger partial charge on any atom is 0.225 e. The monoisotopic (exact) mass is 351 g/mol. The van der Waals surface area contributed by atoms with Crippen molar-refractivity contribution in [2.45, 2.75) is 44.8 Å². The zero-order valence-corrected chi connectivity index (χ0v) is 14.8. The zero-order valence-electron chi connectivity index (χ0n) is 14.0. The number of halogens is 1. The summed E-state index contributed by atoms with van der Waals surface area (Å²) in [7, 11) is 0. The van der Waals surface area contributed by atoms with E-state index in [1.807, 2.05) is 30.3 Å². The lowest BCUT2D eigenvalue weighted by atomic mass is 9.98. The van der Waals surface area contributed by atoms with Gasteiger partial charge in [0.15, 0.2) is 0 Å². The molecule has 6 heteroatoms. The quantitative estimate of drug-likeness (QED) is 0.868. The van der Waals surface area contributed by atoms with E-state index in [1.165, 1.54) is 0 Å². The van der Waals surface area contributed by atoms with Gasteiger partial charge in [-0.25, -0.2) is 0 Å². The Hall–Kier alpha value is -1.59. The van der Waals surface area contributed by atoms with Crippen molar-refractivity contribution in [1.29, 1.82) is 0 Å².